The molecule has 25 heavy (non-hydrogen) atoms. The van der Waals surface area contributed by atoms with Gasteiger partial charge in [-0.05, 0) is 23.8 Å². The highest BCUT2D eigenvalue weighted by Gasteiger charge is 2.12. The van der Waals surface area contributed by atoms with Gasteiger partial charge in [-0.3, -0.25) is 0 Å². The normalized spacial score (nSPS) is 10.9. The predicted molar refractivity (Wildman–Crippen MR) is 98.1 cm³/mol. The summed E-state index contributed by atoms with van der Waals surface area (Å²) in [6, 6.07) is 14.9. The number of halogens is 1. The Balaban J connectivity index is 1.62. The van der Waals surface area contributed by atoms with Crippen LogP contribution < -0.4 is 0 Å². The Morgan fingerprint density at radius 1 is 1.12 bits per heavy atom. The lowest BCUT2D eigenvalue weighted by atomic mass is 10.1. The summed E-state index contributed by atoms with van der Waals surface area (Å²) in [6.07, 6.45) is 5.47. The van der Waals surface area contributed by atoms with Crippen LogP contribution in [-0.4, -0.2) is 19.8 Å². The first-order valence-corrected chi connectivity index (χ1v) is 8.49. The van der Waals surface area contributed by atoms with Crippen LogP contribution in [0.15, 0.2) is 76.2 Å². The minimum Gasteiger partial charge on any atom is -0.507 e. The third kappa shape index (κ3) is 3.21. The maximum atomic E-state index is 9.95. The molecule has 0 saturated carbocycles. The second kappa shape index (κ2) is 6.57. The van der Waals surface area contributed by atoms with E-state index in [1.54, 1.807) is 30.7 Å². The van der Waals surface area contributed by atoms with Crippen molar-refractivity contribution in [1.29, 1.82) is 0 Å². The maximum Gasteiger partial charge on any atom is 0.167 e. The third-order valence-corrected chi connectivity index (χ3v) is 4.68. The van der Waals surface area contributed by atoms with E-state index < -0.39 is 0 Å². The van der Waals surface area contributed by atoms with Crippen molar-refractivity contribution in [2.24, 2.45) is 0 Å². The van der Waals surface area contributed by atoms with Gasteiger partial charge >= 0.3 is 0 Å². The number of aromatic hydroxyl groups is 1. The van der Waals surface area contributed by atoms with Crippen LogP contribution in [0.2, 0.25) is 0 Å². The number of rotatable bonds is 4. The molecule has 0 spiro atoms. The SMILES string of the molecule is Oc1ccccc1-c1cc(-c2ccc(Cn3ccnc3)c(Br)c2)on1. The van der Waals surface area contributed by atoms with E-state index in [0.717, 1.165) is 22.1 Å². The summed E-state index contributed by atoms with van der Waals surface area (Å²) in [5.74, 6) is 0.826. The van der Waals surface area contributed by atoms with Crippen LogP contribution in [0.4, 0.5) is 0 Å². The fraction of sp³-hybridized carbons (Fsp3) is 0.0526. The second-order valence-corrected chi connectivity index (χ2v) is 6.49. The zero-order chi connectivity index (χ0) is 17.2. The molecule has 0 aliphatic rings. The van der Waals surface area contributed by atoms with Crippen LogP contribution in [0.25, 0.3) is 22.6 Å². The molecule has 4 aromatic rings. The number of phenolic OH excluding ortho intramolecular Hbond substituents is 1. The van der Waals surface area contributed by atoms with E-state index in [1.807, 2.05) is 41.1 Å². The van der Waals surface area contributed by atoms with E-state index in [9.17, 15) is 5.11 Å². The monoisotopic (exact) mass is 395 g/mol. The van der Waals surface area contributed by atoms with Crippen LogP contribution in [-0.2, 0) is 6.54 Å². The average molecular weight is 396 g/mol. The maximum absolute atomic E-state index is 9.95. The van der Waals surface area contributed by atoms with Crippen molar-refractivity contribution in [3.05, 3.63) is 77.3 Å². The smallest absolute Gasteiger partial charge is 0.167 e. The summed E-state index contributed by atoms with van der Waals surface area (Å²) in [6.45, 7) is 0.737. The molecule has 0 radical (unpaired) electrons. The van der Waals surface area contributed by atoms with Gasteiger partial charge < -0.3 is 14.2 Å². The number of para-hydroxylation sites is 1. The molecule has 1 N–H and O–H groups in total. The Morgan fingerprint density at radius 3 is 2.76 bits per heavy atom. The molecule has 0 aliphatic carbocycles. The van der Waals surface area contributed by atoms with Crippen LogP contribution >= 0.6 is 15.9 Å². The van der Waals surface area contributed by atoms with Crippen molar-refractivity contribution >= 4 is 15.9 Å². The molecule has 2 aromatic heterocycles. The molecule has 0 amide bonds. The summed E-state index contributed by atoms with van der Waals surface area (Å²) in [5.41, 5.74) is 3.30. The van der Waals surface area contributed by atoms with Gasteiger partial charge in [-0.25, -0.2) is 4.98 Å². The summed E-state index contributed by atoms with van der Waals surface area (Å²) in [5, 5.41) is 14.0. The number of nitrogens with zero attached hydrogens (tertiary/aromatic N) is 3. The van der Waals surface area contributed by atoms with Gasteiger partial charge in [-0.15, -0.1) is 0 Å². The van der Waals surface area contributed by atoms with Crippen molar-refractivity contribution in [1.82, 2.24) is 14.7 Å². The Hall–Kier alpha value is -2.86. The molecule has 124 valence electrons. The van der Waals surface area contributed by atoms with Crippen molar-refractivity contribution < 1.29 is 9.63 Å². The molecule has 0 saturated heterocycles. The first kappa shape index (κ1) is 15.7. The minimum atomic E-state index is 0.180. The summed E-state index contributed by atoms with van der Waals surface area (Å²) >= 11 is 3.62. The Morgan fingerprint density at radius 2 is 2.00 bits per heavy atom. The molecule has 0 unspecified atom stereocenters. The highest BCUT2D eigenvalue weighted by atomic mass is 79.9. The van der Waals surface area contributed by atoms with Gasteiger partial charge in [0, 0.05) is 40.6 Å². The predicted octanol–water partition coefficient (Wildman–Crippen LogP) is 4.72. The standard InChI is InChI=1S/C19H14BrN3O2/c20-16-9-13(5-6-14(16)11-23-8-7-21-12-23)19-10-17(22-25-19)15-3-1-2-4-18(15)24/h1-10,12,24H,11H2. The number of phenols is 1. The van der Waals surface area contributed by atoms with E-state index in [0.29, 0.717) is 17.0 Å². The molecule has 0 bridgehead atoms. The lowest BCUT2D eigenvalue weighted by molar-refractivity contribution is 0.433. The van der Waals surface area contributed by atoms with Crippen molar-refractivity contribution in [3.63, 3.8) is 0 Å². The largest absolute Gasteiger partial charge is 0.507 e. The topological polar surface area (TPSA) is 64.1 Å². The highest BCUT2D eigenvalue weighted by molar-refractivity contribution is 9.10. The van der Waals surface area contributed by atoms with Crippen molar-refractivity contribution in [2.75, 3.05) is 0 Å². The molecule has 2 aromatic carbocycles. The summed E-state index contributed by atoms with van der Waals surface area (Å²) < 4.78 is 8.45. The number of imidazole rings is 1. The molecule has 4 rings (SSSR count). The van der Waals surface area contributed by atoms with E-state index in [2.05, 4.69) is 26.1 Å². The molecular formula is C19H14BrN3O2. The molecule has 5 nitrogen and oxygen atoms in total. The van der Waals surface area contributed by atoms with Gasteiger partial charge in [-0.2, -0.15) is 0 Å². The Bertz CT molecular complexity index is 1010. The molecule has 0 fully saturated rings. The van der Waals surface area contributed by atoms with Gasteiger partial charge in [0.2, 0.25) is 0 Å². The summed E-state index contributed by atoms with van der Waals surface area (Å²) in [7, 11) is 0. The Labute approximate surface area is 152 Å². The zero-order valence-corrected chi connectivity index (χ0v) is 14.7. The summed E-state index contributed by atoms with van der Waals surface area (Å²) in [4.78, 5) is 4.06. The molecule has 6 heteroatoms. The van der Waals surface area contributed by atoms with Crippen LogP contribution in [0.1, 0.15) is 5.56 Å². The first-order chi connectivity index (χ1) is 12.2. The van der Waals surface area contributed by atoms with E-state index in [-0.39, 0.29) is 5.75 Å². The van der Waals surface area contributed by atoms with Gasteiger partial charge in [0.15, 0.2) is 5.76 Å². The van der Waals surface area contributed by atoms with Crippen LogP contribution in [0, 0.1) is 0 Å². The number of hydrogen-bond donors (Lipinski definition) is 1. The van der Waals surface area contributed by atoms with Gasteiger partial charge in [0.05, 0.1) is 6.33 Å². The quantitative estimate of drug-likeness (QED) is 0.542. The van der Waals surface area contributed by atoms with E-state index in [4.69, 9.17) is 4.52 Å². The first-order valence-electron chi connectivity index (χ1n) is 7.70. The van der Waals surface area contributed by atoms with E-state index >= 15 is 0 Å². The van der Waals surface area contributed by atoms with Crippen molar-refractivity contribution in [2.45, 2.75) is 6.54 Å². The lowest BCUT2D eigenvalue weighted by Gasteiger charge is -2.06. The fourth-order valence-corrected chi connectivity index (χ4v) is 3.14. The molecule has 2 heterocycles. The third-order valence-electron chi connectivity index (χ3n) is 3.94. The second-order valence-electron chi connectivity index (χ2n) is 5.63. The number of hydrogen-bond acceptors (Lipinski definition) is 4. The molecule has 0 atom stereocenters. The van der Waals surface area contributed by atoms with Gasteiger partial charge in [0.25, 0.3) is 0 Å². The number of aromatic nitrogens is 3. The van der Waals surface area contributed by atoms with Gasteiger partial charge in [0.1, 0.15) is 11.4 Å². The van der Waals surface area contributed by atoms with Crippen molar-refractivity contribution in [3.8, 4) is 28.3 Å². The van der Waals surface area contributed by atoms with Crippen LogP contribution in [0.3, 0.4) is 0 Å². The van der Waals surface area contributed by atoms with Gasteiger partial charge in [-0.1, -0.05) is 45.4 Å². The number of benzene rings is 2. The van der Waals surface area contributed by atoms with Crippen LogP contribution in [0.5, 0.6) is 5.75 Å². The lowest BCUT2D eigenvalue weighted by Crippen LogP contribution is -1.97. The molecular weight excluding hydrogens is 382 g/mol. The Kier molecular flexibility index (Phi) is 4.11. The molecule has 0 aliphatic heterocycles. The average Bonchev–Trinajstić information content (AvgIpc) is 3.29. The minimum absolute atomic E-state index is 0.180. The van der Waals surface area contributed by atoms with E-state index in [1.165, 1.54) is 0 Å². The zero-order valence-electron chi connectivity index (χ0n) is 13.1. The fourth-order valence-electron chi connectivity index (χ4n) is 2.63. The highest BCUT2D eigenvalue weighted by Crippen LogP contribution is 2.32.